The molecule has 1 aromatic carbocycles. The van der Waals surface area contributed by atoms with E-state index in [2.05, 4.69) is 22.7 Å². The molecule has 1 aromatic heterocycles. The molecule has 27 heavy (non-hydrogen) atoms. The number of hydrogen-bond donors (Lipinski definition) is 4. The summed E-state index contributed by atoms with van der Waals surface area (Å²) < 4.78 is 1.48. The number of piperidine rings is 1. The Morgan fingerprint density at radius 2 is 2.07 bits per heavy atom. The van der Waals surface area contributed by atoms with Crippen LogP contribution in [0.1, 0.15) is 35.8 Å². The lowest BCUT2D eigenvalue weighted by Gasteiger charge is -2.33. The van der Waals surface area contributed by atoms with Crippen LogP contribution in [0.2, 0.25) is 0 Å². The summed E-state index contributed by atoms with van der Waals surface area (Å²) in [6.45, 7) is 3.26. The summed E-state index contributed by atoms with van der Waals surface area (Å²) in [6.07, 6.45) is 0.945. The van der Waals surface area contributed by atoms with E-state index in [-0.39, 0.29) is 12.0 Å². The van der Waals surface area contributed by atoms with Gasteiger partial charge in [0.25, 0.3) is 5.91 Å². The van der Waals surface area contributed by atoms with Crippen molar-refractivity contribution in [3.63, 3.8) is 0 Å². The summed E-state index contributed by atoms with van der Waals surface area (Å²) in [4.78, 5) is 14.4. The van der Waals surface area contributed by atoms with Crippen LogP contribution in [-0.4, -0.2) is 56.3 Å². The highest BCUT2D eigenvalue weighted by atomic mass is 16.3. The van der Waals surface area contributed by atoms with E-state index < -0.39 is 6.35 Å². The smallest absolute Gasteiger partial charge is 0.274 e. The van der Waals surface area contributed by atoms with Crippen molar-refractivity contribution < 1.29 is 15.0 Å². The number of nitrogens with one attached hydrogen (secondary N) is 2. The normalized spacial score (nSPS) is 16.9. The molecule has 2 heterocycles. The fourth-order valence-corrected chi connectivity index (χ4v) is 3.17. The maximum atomic E-state index is 12.6. The number of carbonyl (C=O) groups is 1. The number of aryl methyl sites for hydroxylation is 2. The lowest BCUT2D eigenvalue weighted by atomic mass is 10.1. The zero-order chi connectivity index (χ0) is 19.4. The molecule has 3 rings (SSSR count). The van der Waals surface area contributed by atoms with E-state index >= 15 is 0 Å². The van der Waals surface area contributed by atoms with Crippen LogP contribution in [0.4, 0.5) is 11.5 Å². The Morgan fingerprint density at radius 3 is 2.78 bits per heavy atom. The second-order valence-electron chi connectivity index (χ2n) is 6.83. The number of aliphatic hydroxyl groups excluding tert-OH is 2. The summed E-state index contributed by atoms with van der Waals surface area (Å²) in [6, 6.07) is 9.34. The third-order valence-electron chi connectivity index (χ3n) is 4.83. The van der Waals surface area contributed by atoms with Gasteiger partial charge in [0.15, 0.2) is 12.2 Å². The molecule has 0 bridgehead atoms. The predicted molar refractivity (Wildman–Crippen MR) is 103 cm³/mol. The quantitative estimate of drug-likeness (QED) is 0.571. The van der Waals surface area contributed by atoms with E-state index in [0.29, 0.717) is 37.4 Å². The minimum atomic E-state index is -0.912. The molecule has 1 aliphatic rings. The molecule has 1 saturated heterocycles. The Morgan fingerprint density at radius 1 is 1.33 bits per heavy atom. The minimum absolute atomic E-state index is 0.262. The highest BCUT2D eigenvalue weighted by Gasteiger charge is 2.23. The summed E-state index contributed by atoms with van der Waals surface area (Å²) >= 11 is 0. The molecule has 1 atom stereocenters. The van der Waals surface area contributed by atoms with E-state index in [0.717, 1.165) is 17.7 Å². The van der Waals surface area contributed by atoms with Crippen molar-refractivity contribution in [3.8, 4) is 0 Å². The molecule has 146 valence electrons. The van der Waals surface area contributed by atoms with Gasteiger partial charge in [-0.1, -0.05) is 19.1 Å². The van der Waals surface area contributed by atoms with Crippen LogP contribution in [0.15, 0.2) is 30.3 Å². The maximum Gasteiger partial charge on any atom is 0.274 e. The predicted octanol–water partition coefficient (Wildman–Crippen LogP) is 1.38. The third-order valence-corrected chi connectivity index (χ3v) is 4.83. The summed E-state index contributed by atoms with van der Waals surface area (Å²) in [5.74, 6) is 0.158. The number of rotatable bonds is 6. The Bertz CT molecular complexity index is 783. The van der Waals surface area contributed by atoms with Crippen LogP contribution in [0.5, 0.6) is 0 Å². The molecular weight excluding hydrogens is 346 g/mol. The van der Waals surface area contributed by atoms with Crippen LogP contribution in [0.25, 0.3) is 0 Å². The SMILES string of the molecule is CCc1cccc(NC(=O)c2cc(NC(O)N3CCC(O)CC3)nn2C)c1. The average molecular weight is 373 g/mol. The molecule has 4 N–H and O–H groups in total. The van der Waals surface area contributed by atoms with Gasteiger partial charge in [0, 0.05) is 31.9 Å². The standard InChI is InChI=1S/C19H27N5O3/c1-3-13-5-4-6-14(11-13)20-18(26)16-12-17(22-23(16)2)21-19(27)24-9-7-15(25)8-10-24/h4-6,11-12,15,19,25,27H,3,7-10H2,1-2H3,(H,20,26)(H,21,22). The van der Waals surface area contributed by atoms with Crippen molar-refractivity contribution in [1.29, 1.82) is 0 Å². The maximum absolute atomic E-state index is 12.6. The van der Waals surface area contributed by atoms with E-state index in [1.807, 2.05) is 29.2 Å². The number of amides is 1. The first-order valence-corrected chi connectivity index (χ1v) is 9.27. The average Bonchev–Trinajstić information content (AvgIpc) is 3.02. The number of likely N-dealkylation sites (tertiary alicyclic amines) is 1. The van der Waals surface area contributed by atoms with Gasteiger partial charge in [0.05, 0.1) is 6.10 Å². The Labute approximate surface area is 158 Å². The topological polar surface area (TPSA) is 103 Å². The molecule has 2 aromatic rings. The van der Waals surface area contributed by atoms with Crippen LogP contribution in [0.3, 0.4) is 0 Å². The highest BCUT2D eigenvalue weighted by Crippen LogP contribution is 2.17. The molecule has 8 heteroatoms. The second kappa shape index (κ2) is 8.51. The lowest BCUT2D eigenvalue weighted by molar-refractivity contribution is -0.0161. The summed E-state index contributed by atoms with van der Waals surface area (Å²) in [5.41, 5.74) is 2.28. The summed E-state index contributed by atoms with van der Waals surface area (Å²) in [5, 5.41) is 30.0. The van der Waals surface area contributed by atoms with Gasteiger partial charge < -0.3 is 20.8 Å². The molecule has 0 radical (unpaired) electrons. The second-order valence-corrected chi connectivity index (χ2v) is 6.83. The molecule has 1 amide bonds. The fourth-order valence-electron chi connectivity index (χ4n) is 3.17. The van der Waals surface area contributed by atoms with Gasteiger partial charge in [0.1, 0.15) is 5.69 Å². The fraction of sp³-hybridized carbons (Fsp3) is 0.474. The Hall–Kier alpha value is -2.42. The molecule has 1 unspecified atom stereocenters. The van der Waals surface area contributed by atoms with Crippen molar-refractivity contribution in [2.24, 2.45) is 7.05 Å². The van der Waals surface area contributed by atoms with E-state index in [1.165, 1.54) is 4.68 Å². The van der Waals surface area contributed by atoms with Crippen molar-refractivity contribution in [2.75, 3.05) is 23.7 Å². The van der Waals surface area contributed by atoms with Crippen LogP contribution in [-0.2, 0) is 13.5 Å². The molecule has 8 nitrogen and oxygen atoms in total. The first-order valence-electron chi connectivity index (χ1n) is 9.27. The molecule has 0 saturated carbocycles. The largest absolute Gasteiger partial charge is 0.393 e. The van der Waals surface area contributed by atoms with Crippen LogP contribution >= 0.6 is 0 Å². The van der Waals surface area contributed by atoms with Gasteiger partial charge in [0.2, 0.25) is 0 Å². The molecular formula is C19H27N5O3. The monoisotopic (exact) mass is 373 g/mol. The van der Waals surface area contributed by atoms with Gasteiger partial charge >= 0.3 is 0 Å². The first kappa shape index (κ1) is 19.3. The lowest BCUT2D eigenvalue weighted by Crippen LogP contribution is -2.46. The molecule has 0 spiro atoms. The van der Waals surface area contributed by atoms with Crippen LogP contribution < -0.4 is 10.6 Å². The van der Waals surface area contributed by atoms with Gasteiger partial charge in [-0.2, -0.15) is 5.10 Å². The summed E-state index contributed by atoms with van der Waals surface area (Å²) in [7, 11) is 1.69. The number of anilines is 2. The number of carbonyl (C=O) groups excluding carboxylic acids is 1. The molecule has 1 aliphatic heterocycles. The number of benzene rings is 1. The van der Waals surface area contributed by atoms with E-state index in [1.54, 1.807) is 13.1 Å². The number of aromatic nitrogens is 2. The Balaban J connectivity index is 1.63. The minimum Gasteiger partial charge on any atom is -0.393 e. The van der Waals surface area contributed by atoms with Gasteiger partial charge in [-0.3, -0.25) is 14.4 Å². The zero-order valence-corrected chi connectivity index (χ0v) is 15.7. The van der Waals surface area contributed by atoms with E-state index in [9.17, 15) is 15.0 Å². The zero-order valence-electron chi connectivity index (χ0n) is 15.7. The number of aliphatic hydroxyl groups is 2. The third kappa shape index (κ3) is 4.85. The van der Waals surface area contributed by atoms with Crippen molar-refractivity contribution in [1.82, 2.24) is 14.7 Å². The highest BCUT2D eigenvalue weighted by molar-refractivity contribution is 6.03. The van der Waals surface area contributed by atoms with Crippen molar-refractivity contribution in [2.45, 2.75) is 38.6 Å². The van der Waals surface area contributed by atoms with Crippen molar-refractivity contribution in [3.05, 3.63) is 41.6 Å². The van der Waals surface area contributed by atoms with Crippen LogP contribution in [0, 0.1) is 0 Å². The van der Waals surface area contributed by atoms with Crippen molar-refractivity contribution >= 4 is 17.4 Å². The van der Waals surface area contributed by atoms with Gasteiger partial charge in [-0.15, -0.1) is 0 Å². The van der Waals surface area contributed by atoms with E-state index in [4.69, 9.17) is 0 Å². The molecule has 0 aliphatic carbocycles. The van der Waals surface area contributed by atoms with Gasteiger partial charge in [-0.25, -0.2) is 0 Å². The first-order chi connectivity index (χ1) is 13.0. The number of hydrogen-bond acceptors (Lipinski definition) is 6. The number of nitrogens with zero attached hydrogens (tertiary/aromatic N) is 3. The Kier molecular flexibility index (Phi) is 6.10. The van der Waals surface area contributed by atoms with Gasteiger partial charge in [-0.05, 0) is 37.0 Å². The molecule has 1 fully saturated rings.